The number of nitrogens with zero attached hydrogens (tertiary/aromatic N) is 3. The number of anilines is 1. The molecule has 1 aliphatic heterocycles. The third kappa shape index (κ3) is 4.14. The summed E-state index contributed by atoms with van der Waals surface area (Å²) in [5.41, 5.74) is 5.95. The van der Waals surface area contributed by atoms with Gasteiger partial charge in [0.1, 0.15) is 11.9 Å². The molecule has 0 aromatic carbocycles. The minimum atomic E-state index is -4.39. The molecular weight excluding hydrogens is 321 g/mol. The zero-order valence-electron chi connectivity index (χ0n) is 12.8. The van der Waals surface area contributed by atoms with Crippen molar-refractivity contribution < 1.29 is 17.9 Å². The van der Waals surface area contributed by atoms with Crippen LogP contribution in [0.3, 0.4) is 0 Å². The molecule has 2 aromatic heterocycles. The van der Waals surface area contributed by atoms with Crippen molar-refractivity contribution in [2.24, 2.45) is 0 Å². The number of hydrogen-bond acceptors (Lipinski definition) is 5. The normalized spacial score (nSPS) is 18.7. The van der Waals surface area contributed by atoms with Crippen LogP contribution >= 0.6 is 0 Å². The van der Waals surface area contributed by atoms with Crippen LogP contribution < -0.4 is 10.5 Å². The molecule has 1 aliphatic rings. The molecule has 5 nitrogen and oxygen atoms in total. The van der Waals surface area contributed by atoms with Gasteiger partial charge >= 0.3 is 6.18 Å². The quantitative estimate of drug-likeness (QED) is 0.929. The van der Waals surface area contributed by atoms with Crippen molar-refractivity contribution >= 4 is 5.82 Å². The van der Waals surface area contributed by atoms with Gasteiger partial charge in [-0.3, -0.25) is 4.90 Å². The van der Waals surface area contributed by atoms with E-state index >= 15 is 0 Å². The number of pyridine rings is 2. The second-order valence-corrected chi connectivity index (χ2v) is 5.74. The largest absolute Gasteiger partial charge is 0.473 e. The summed E-state index contributed by atoms with van der Waals surface area (Å²) in [6.45, 7) is 2.26. The van der Waals surface area contributed by atoms with Gasteiger partial charge in [0.15, 0.2) is 0 Å². The lowest BCUT2D eigenvalue weighted by Gasteiger charge is -2.17. The second kappa shape index (κ2) is 6.64. The van der Waals surface area contributed by atoms with Gasteiger partial charge in [-0.1, -0.05) is 0 Å². The van der Waals surface area contributed by atoms with Crippen molar-refractivity contribution in [2.45, 2.75) is 25.2 Å². The Hall–Kier alpha value is -2.35. The van der Waals surface area contributed by atoms with Crippen molar-refractivity contribution in [2.75, 3.05) is 18.8 Å². The summed E-state index contributed by atoms with van der Waals surface area (Å²) in [6.07, 6.45) is -1.22. The molecule has 0 bridgehead atoms. The minimum absolute atomic E-state index is 0.0894. The molecule has 1 atom stereocenters. The van der Waals surface area contributed by atoms with Crippen LogP contribution in [0.5, 0.6) is 5.88 Å². The molecule has 2 aromatic rings. The predicted octanol–water partition coefficient (Wildman–Crippen LogP) is 2.73. The molecule has 2 N–H and O–H groups in total. The topological polar surface area (TPSA) is 64.3 Å². The molecule has 0 radical (unpaired) electrons. The van der Waals surface area contributed by atoms with Crippen LogP contribution in [-0.4, -0.2) is 34.1 Å². The van der Waals surface area contributed by atoms with E-state index in [2.05, 4.69) is 14.9 Å². The first-order valence-corrected chi connectivity index (χ1v) is 7.53. The summed E-state index contributed by atoms with van der Waals surface area (Å²) in [7, 11) is 0. The van der Waals surface area contributed by atoms with Gasteiger partial charge in [-0.05, 0) is 30.2 Å². The van der Waals surface area contributed by atoms with Crippen molar-refractivity contribution in [3.05, 3.63) is 47.8 Å². The first kappa shape index (κ1) is 16.5. The third-order valence-corrected chi connectivity index (χ3v) is 3.83. The lowest BCUT2D eigenvalue weighted by Crippen LogP contribution is -2.24. The first-order chi connectivity index (χ1) is 11.4. The smallest absolute Gasteiger partial charge is 0.417 e. The highest BCUT2D eigenvalue weighted by Gasteiger charge is 2.31. The Morgan fingerprint density at radius 3 is 2.75 bits per heavy atom. The Kier molecular flexibility index (Phi) is 4.57. The lowest BCUT2D eigenvalue weighted by molar-refractivity contribution is -0.137. The number of aromatic nitrogens is 2. The van der Waals surface area contributed by atoms with Crippen LogP contribution in [0.15, 0.2) is 36.7 Å². The van der Waals surface area contributed by atoms with E-state index in [9.17, 15) is 13.2 Å². The second-order valence-electron chi connectivity index (χ2n) is 5.74. The van der Waals surface area contributed by atoms with E-state index in [0.717, 1.165) is 37.3 Å². The zero-order valence-corrected chi connectivity index (χ0v) is 12.8. The summed E-state index contributed by atoms with van der Waals surface area (Å²) in [5.74, 6) is 0.691. The maximum absolute atomic E-state index is 12.5. The molecule has 1 unspecified atom stereocenters. The highest BCUT2D eigenvalue weighted by molar-refractivity contribution is 5.31. The van der Waals surface area contributed by atoms with E-state index in [1.807, 2.05) is 12.1 Å². The molecule has 3 heterocycles. The molecule has 1 saturated heterocycles. The Bertz CT molecular complexity index is 690. The number of ether oxygens (including phenoxy) is 1. The number of alkyl halides is 3. The molecule has 8 heteroatoms. The van der Waals surface area contributed by atoms with Crippen LogP contribution in [-0.2, 0) is 12.7 Å². The van der Waals surface area contributed by atoms with Gasteiger partial charge in [0.25, 0.3) is 0 Å². The summed E-state index contributed by atoms with van der Waals surface area (Å²) in [6, 6.07) is 5.97. The van der Waals surface area contributed by atoms with E-state index in [0.29, 0.717) is 12.4 Å². The van der Waals surface area contributed by atoms with E-state index in [4.69, 9.17) is 10.5 Å². The summed E-state index contributed by atoms with van der Waals surface area (Å²) < 4.78 is 43.2. The number of hydrogen-bond donors (Lipinski definition) is 1. The van der Waals surface area contributed by atoms with E-state index in [1.54, 1.807) is 6.20 Å². The molecule has 1 fully saturated rings. The van der Waals surface area contributed by atoms with Crippen LogP contribution in [0.4, 0.5) is 19.0 Å². The third-order valence-electron chi connectivity index (χ3n) is 3.83. The van der Waals surface area contributed by atoms with Gasteiger partial charge in [0.05, 0.1) is 5.56 Å². The monoisotopic (exact) mass is 338 g/mol. The van der Waals surface area contributed by atoms with Crippen LogP contribution in [0.25, 0.3) is 0 Å². The average molecular weight is 338 g/mol. The fourth-order valence-corrected chi connectivity index (χ4v) is 2.68. The lowest BCUT2D eigenvalue weighted by atomic mass is 10.2. The fourth-order valence-electron chi connectivity index (χ4n) is 2.68. The van der Waals surface area contributed by atoms with Crippen molar-refractivity contribution in [3.63, 3.8) is 0 Å². The van der Waals surface area contributed by atoms with E-state index in [-0.39, 0.29) is 12.0 Å². The first-order valence-electron chi connectivity index (χ1n) is 7.53. The molecule has 128 valence electrons. The number of rotatable bonds is 4. The van der Waals surface area contributed by atoms with Crippen LogP contribution in [0, 0.1) is 0 Å². The van der Waals surface area contributed by atoms with E-state index in [1.165, 1.54) is 6.07 Å². The number of likely N-dealkylation sites (tertiary alicyclic amines) is 1. The Morgan fingerprint density at radius 1 is 1.25 bits per heavy atom. The van der Waals surface area contributed by atoms with Crippen LogP contribution in [0.1, 0.15) is 17.5 Å². The van der Waals surface area contributed by atoms with Gasteiger partial charge in [0.2, 0.25) is 5.88 Å². The van der Waals surface area contributed by atoms with Crippen molar-refractivity contribution in [1.29, 1.82) is 0 Å². The molecule has 3 rings (SSSR count). The highest BCUT2D eigenvalue weighted by Crippen LogP contribution is 2.29. The molecule has 0 amide bonds. The van der Waals surface area contributed by atoms with E-state index < -0.39 is 11.7 Å². The predicted molar refractivity (Wildman–Crippen MR) is 82.2 cm³/mol. The minimum Gasteiger partial charge on any atom is -0.473 e. The summed E-state index contributed by atoms with van der Waals surface area (Å²) in [5, 5.41) is 0. The Morgan fingerprint density at radius 2 is 2.08 bits per heavy atom. The van der Waals surface area contributed by atoms with Crippen molar-refractivity contribution in [3.8, 4) is 5.88 Å². The van der Waals surface area contributed by atoms with Crippen LogP contribution in [0.2, 0.25) is 0 Å². The number of nitrogens with two attached hydrogens (primary N) is 1. The zero-order chi connectivity index (χ0) is 17.2. The van der Waals surface area contributed by atoms with Gasteiger partial charge < -0.3 is 10.5 Å². The number of nitrogen functional groups attached to an aromatic ring is 1. The Balaban J connectivity index is 1.54. The van der Waals surface area contributed by atoms with Gasteiger partial charge in [-0.25, -0.2) is 9.97 Å². The average Bonchev–Trinajstić information content (AvgIpc) is 2.94. The molecule has 0 spiro atoms. The maximum Gasteiger partial charge on any atom is 0.417 e. The standard InChI is InChI=1S/C16H17F3N4O/c17-16(18,19)12-1-2-15(22-8-12)24-13-4-6-23(10-13)9-11-3-5-21-14(20)7-11/h1-3,5,7-8,13H,4,6,9-10H2,(H2,20,21). The molecule has 24 heavy (non-hydrogen) atoms. The SMILES string of the molecule is Nc1cc(CN2CCC(Oc3ccc(C(F)(F)F)cn3)C2)ccn1. The molecular formula is C16H17F3N4O. The fraction of sp³-hybridized carbons (Fsp3) is 0.375. The number of halogens is 3. The van der Waals surface area contributed by atoms with Gasteiger partial charge in [0, 0.05) is 38.1 Å². The molecule has 0 saturated carbocycles. The summed E-state index contributed by atoms with van der Waals surface area (Å²) in [4.78, 5) is 9.90. The van der Waals surface area contributed by atoms with Crippen molar-refractivity contribution in [1.82, 2.24) is 14.9 Å². The highest BCUT2D eigenvalue weighted by atomic mass is 19.4. The summed E-state index contributed by atoms with van der Waals surface area (Å²) >= 11 is 0. The Labute approximate surface area is 137 Å². The molecule has 0 aliphatic carbocycles. The maximum atomic E-state index is 12.5. The van der Waals surface area contributed by atoms with Gasteiger partial charge in [-0.15, -0.1) is 0 Å². The van der Waals surface area contributed by atoms with Gasteiger partial charge in [-0.2, -0.15) is 13.2 Å².